The highest BCUT2D eigenvalue weighted by atomic mass is 16.7. The average Bonchev–Trinajstić information content (AvgIpc) is 2.96. The lowest BCUT2D eigenvalue weighted by atomic mass is 10.1. The number of unbranched alkanes of at least 4 members (excludes halogenated alkanes) is 4. The first-order valence-electron chi connectivity index (χ1n) is 8.22. The highest BCUT2D eigenvalue weighted by Gasteiger charge is 2.31. The Balaban J connectivity index is 1.76. The smallest absolute Gasteiger partial charge is 0.249 e. The van der Waals surface area contributed by atoms with Gasteiger partial charge >= 0.3 is 0 Å². The molecule has 2 heterocycles. The fourth-order valence-electron chi connectivity index (χ4n) is 3.02. The van der Waals surface area contributed by atoms with Gasteiger partial charge in [0.25, 0.3) is 0 Å². The molecule has 0 aliphatic carbocycles. The van der Waals surface area contributed by atoms with Crippen LogP contribution in [0.2, 0.25) is 0 Å². The Morgan fingerprint density at radius 2 is 1.91 bits per heavy atom. The molecule has 5 nitrogen and oxygen atoms in total. The fourth-order valence-corrected chi connectivity index (χ4v) is 3.02. The third-order valence-corrected chi connectivity index (χ3v) is 4.28. The summed E-state index contributed by atoms with van der Waals surface area (Å²) in [6.07, 6.45) is 5.93. The number of fused-ring (bicyclic) bond motifs is 2. The van der Waals surface area contributed by atoms with E-state index in [0.717, 1.165) is 35.8 Å². The van der Waals surface area contributed by atoms with Crippen LogP contribution in [0.1, 0.15) is 46.0 Å². The lowest BCUT2D eigenvalue weighted by Gasteiger charge is -2.34. The molecule has 0 saturated carbocycles. The summed E-state index contributed by atoms with van der Waals surface area (Å²) in [5.74, 6) is 1.59. The van der Waals surface area contributed by atoms with Gasteiger partial charge in [-0.1, -0.05) is 32.6 Å². The molecule has 0 bridgehead atoms. The first-order chi connectivity index (χ1) is 10.7. The summed E-state index contributed by atoms with van der Waals surface area (Å²) < 4.78 is 10.9. The van der Waals surface area contributed by atoms with Crippen LogP contribution in [0.25, 0.3) is 0 Å². The molecule has 1 unspecified atom stereocenters. The standard InChI is InChI=1S/C17H24N2O3/c1-3-4-5-6-7-8-19-14-10-16-15(21-11-22-16)9-13(14)18-12(2)17(19)20/h9-10,12,18H,3-8,11H2,1-2H3. The highest BCUT2D eigenvalue weighted by molar-refractivity contribution is 6.05. The summed E-state index contributed by atoms with van der Waals surface area (Å²) >= 11 is 0. The number of carbonyl (C=O) groups excluding carboxylic acids is 1. The largest absolute Gasteiger partial charge is 0.454 e. The second-order valence-corrected chi connectivity index (χ2v) is 5.99. The van der Waals surface area contributed by atoms with E-state index >= 15 is 0 Å². The molecule has 1 N–H and O–H groups in total. The van der Waals surface area contributed by atoms with Gasteiger partial charge in [0.05, 0.1) is 11.4 Å². The third-order valence-electron chi connectivity index (χ3n) is 4.28. The maximum absolute atomic E-state index is 12.5. The second-order valence-electron chi connectivity index (χ2n) is 5.99. The minimum absolute atomic E-state index is 0.127. The zero-order chi connectivity index (χ0) is 15.5. The van der Waals surface area contributed by atoms with Gasteiger partial charge in [-0.05, 0) is 13.3 Å². The molecule has 2 aliphatic rings. The summed E-state index contributed by atoms with van der Waals surface area (Å²) in [5, 5.41) is 3.25. The van der Waals surface area contributed by atoms with E-state index in [9.17, 15) is 4.79 Å². The van der Waals surface area contributed by atoms with Gasteiger partial charge in [-0.2, -0.15) is 0 Å². The molecule has 0 saturated heterocycles. The Bertz CT molecular complexity index is 559. The molecule has 1 aromatic rings. The van der Waals surface area contributed by atoms with Gasteiger partial charge in [-0.3, -0.25) is 4.79 Å². The number of nitrogens with zero attached hydrogens (tertiary/aromatic N) is 1. The van der Waals surface area contributed by atoms with E-state index in [1.165, 1.54) is 25.7 Å². The second kappa shape index (κ2) is 6.46. The maximum Gasteiger partial charge on any atom is 0.249 e. The van der Waals surface area contributed by atoms with Crippen LogP contribution in [-0.2, 0) is 4.79 Å². The van der Waals surface area contributed by atoms with Crippen LogP contribution in [0.3, 0.4) is 0 Å². The van der Waals surface area contributed by atoms with Crippen molar-refractivity contribution < 1.29 is 14.3 Å². The molecule has 2 aliphatic heterocycles. The van der Waals surface area contributed by atoms with Crippen molar-refractivity contribution in [2.24, 2.45) is 0 Å². The van der Waals surface area contributed by atoms with Crippen LogP contribution in [0.5, 0.6) is 11.5 Å². The van der Waals surface area contributed by atoms with Crippen molar-refractivity contribution in [1.29, 1.82) is 0 Å². The predicted molar refractivity (Wildman–Crippen MR) is 86.8 cm³/mol. The van der Waals surface area contributed by atoms with E-state index in [2.05, 4.69) is 12.2 Å². The quantitative estimate of drug-likeness (QED) is 0.817. The molecular formula is C17H24N2O3. The molecule has 5 heteroatoms. The van der Waals surface area contributed by atoms with E-state index in [-0.39, 0.29) is 18.7 Å². The van der Waals surface area contributed by atoms with E-state index in [4.69, 9.17) is 9.47 Å². The Hall–Kier alpha value is -1.91. The van der Waals surface area contributed by atoms with E-state index in [0.29, 0.717) is 0 Å². The first-order valence-corrected chi connectivity index (χ1v) is 8.22. The van der Waals surface area contributed by atoms with E-state index in [1.54, 1.807) is 0 Å². The minimum Gasteiger partial charge on any atom is -0.454 e. The lowest BCUT2D eigenvalue weighted by Crippen LogP contribution is -2.46. The van der Waals surface area contributed by atoms with Crippen LogP contribution >= 0.6 is 0 Å². The molecule has 1 amide bonds. The molecule has 3 rings (SSSR count). The molecule has 0 aromatic heterocycles. The third kappa shape index (κ3) is 2.85. The Kier molecular flexibility index (Phi) is 4.41. The van der Waals surface area contributed by atoms with Gasteiger partial charge in [0.15, 0.2) is 11.5 Å². The monoisotopic (exact) mass is 304 g/mol. The van der Waals surface area contributed by atoms with Crippen molar-refractivity contribution >= 4 is 17.3 Å². The minimum atomic E-state index is -0.205. The molecule has 120 valence electrons. The van der Waals surface area contributed by atoms with Gasteiger partial charge in [0.1, 0.15) is 6.04 Å². The number of nitrogens with one attached hydrogen (secondary N) is 1. The van der Waals surface area contributed by atoms with Crippen molar-refractivity contribution in [2.75, 3.05) is 23.6 Å². The van der Waals surface area contributed by atoms with Gasteiger partial charge < -0.3 is 19.7 Å². The topological polar surface area (TPSA) is 50.8 Å². The number of hydrogen-bond acceptors (Lipinski definition) is 4. The zero-order valence-electron chi connectivity index (χ0n) is 13.4. The van der Waals surface area contributed by atoms with Crippen LogP contribution in [0, 0.1) is 0 Å². The molecule has 0 fully saturated rings. The van der Waals surface area contributed by atoms with Crippen LogP contribution < -0.4 is 19.7 Å². The number of amides is 1. The van der Waals surface area contributed by atoms with Crippen molar-refractivity contribution in [3.63, 3.8) is 0 Å². The lowest BCUT2D eigenvalue weighted by molar-refractivity contribution is -0.119. The van der Waals surface area contributed by atoms with Crippen LogP contribution in [-0.4, -0.2) is 25.3 Å². The van der Waals surface area contributed by atoms with E-state index < -0.39 is 0 Å². The first kappa shape index (κ1) is 15.0. The van der Waals surface area contributed by atoms with Crippen molar-refractivity contribution in [3.05, 3.63) is 12.1 Å². The SMILES string of the molecule is CCCCCCCN1C(=O)C(C)Nc2cc3c(cc21)OCO3. The number of benzene rings is 1. The summed E-state index contributed by atoms with van der Waals surface area (Å²) in [6, 6.07) is 3.65. The fraction of sp³-hybridized carbons (Fsp3) is 0.588. The van der Waals surface area contributed by atoms with Gasteiger partial charge in [0.2, 0.25) is 12.7 Å². The van der Waals surface area contributed by atoms with Gasteiger partial charge in [0, 0.05) is 18.7 Å². The molecule has 0 spiro atoms. The highest BCUT2D eigenvalue weighted by Crippen LogP contribution is 2.43. The van der Waals surface area contributed by atoms with Gasteiger partial charge in [-0.15, -0.1) is 0 Å². The number of rotatable bonds is 6. The summed E-state index contributed by atoms with van der Waals surface area (Å²) in [4.78, 5) is 14.4. The molecule has 1 aromatic carbocycles. The van der Waals surface area contributed by atoms with E-state index in [1.807, 2.05) is 24.0 Å². The molecule has 22 heavy (non-hydrogen) atoms. The Labute approximate surface area is 131 Å². The number of hydrogen-bond donors (Lipinski definition) is 1. The summed E-state index contributed by atoms with van der Waals surface area (Å²) in [6.45, 7) is 5.13. The summed E-state index contributed by atoms with van der Waals surface area (Å²) in [7, 11) is 0. The molecule has 1 atom stereocenters. The van der Waals surface area contributed by atoms with Crippen molar-refractivity contribution in [3.8, 4) is 11.5 Å². The number of anilines is 2. The predicted octanol–water partition coefficient (Wildman–Crippen LogP) is 3.53. The Morgan fingerprint density at radius 1 is 1.18 bits per heavy atom. The van der Waals surface area contributed by atoms with Gasteiger partial charge in [-0.25, -0.2) is 0 Å². The van der Waals surface area contributed by atoms with Crippen LogP contribution in [0.15, 0.2) is 12.1 Å². The zero-order valence-corrected chi connectivity index (χ0v) is 13.4. The maximum atomic E-state index is 12.5. The normalized spacial score (nSPS) is 19.1. The van der Waals surface area contributed by atoms with Crippen LogP contribution in [0.4, 0.5) is 11.4 Å². The van der Waals surface area contributed by atoms with Crippen molar-refractivity contribution in [2.45, 2.75) is 52.0 Å². The van der Waals surface area contributed by atoms with Crippen molar-refractivity contribution in [1.82, 2.24) is 0 Å². The Morgan fingerprint density at radius 3 is 2.68 bits per heavy atom. The summed E-state index contributed by atoms with van der Waals surface area (Å²) in [5.41, 5.74) is 1.85. The molecule has 0 radical (unpaired) electrons. The molecular weight excluding hydrogens is 280 g/mol. The number of carbonyl (C=O) groups is 1. The average molecular weight is 304 g/mol. The number of ether oxygens (including phenoxy) is 2.